The number of anilines is 1. The Balaban J connectivity index is 1.50. The van der Waals surface area contributed by atoms with Crippen LogP contribution in [0.15, 0.2) is 30.3 Å². The van der Waals surface area contributed by atoms with Crippen LogP contribution in [0.1, 0.15) is 22.9 Å². The van der Waals surface area contributed by atoms with Gasteiger partial charge in [-0.05, 0) is 32.9 Å². The number of ether oxygens (including phenoxy) is 1. The predicted molar refractivity (Wildman–Crippen MR) is 108 cm³/mol. The molecule has 6 heteroatoms. The molecule has 1 saturated heterocycles. The topological polar surface area (TPSA) is 45.9 Å². The zero-order chi connectivity index (χ0) is 19.0. The number of hydrogen-bond acceptors (Lipinski definition) is 5. The maximum Gasteiger partial charge on any atom is 0.142 e. The fourth-order valence-corrected chi connectivity index (χ4v) is 4.00. The van der Waals surface area contributed by atoms with E-state index in [0.29, 0.717) is 0 Å². The van der Waals surface area contributed by atoms with Crippen LogP contribution in [0.25, 0.3) is 5.65 Å². The third-order valence-electron chi connectivity index (χ3n) is 5.37. The number of nitrogens with zero attached hydrogens (tertiary/aromatic N) is 5. The zero-order valence-corrected chi connectivity index (χ0v) is 16.6. The molecule has 27 heavy (non-hydrogen) atoms. The Morgan fingerprint density at radius 1 is 1.00 bits per heavy atom. The van der Waals surface area contributed by atoms with E-state index in [2.05, 4.69) is 51.2 Å². The van der Waals surface area contributed by atoms with Crippen LogP contribution in [0, 0.1) is 20.8 Å². The van der Waals surface area contributed by atoms with Gasteiger partial charge in [0.25, 0.3) is 0 Å². The summed E-state index contributed by atoms with van der Waals surface area (Å²) in [4.78, 5) is 14.3. The molecule has 4 rings (SSSR count). The van der Waals surface area contributed by atoms with Crippen molar-refractivity contribution in [1.29, 1.82) is 0 Å². The lowest BCUT2D eigenvalue weighted by atomic mass is 10.2. The Labute approximate surface area is 160 Å². The molecule has 0 spiro atoms. The van der Waals surface area contributed by atoms with Crippen molar-refractivity contribution in [1.82, 2.24) is 19.3 Å². The first-order chi connectivity index (χ1) is 13.1. The zero-order valence-electron chi connectivity index (χ0n) is 16.6. The molecule has 0 unspecified atom stereocenters. The minimum Gasteiger partial charge on any atom is -0.495 e. The summed E-state index contributed by atoms with van der Waals surface area (Å²) in [6.45, 7) is 11.1. The normalized spacial score (nSPS) is 15.5. The Bertz CT molecular complexity index is 957. The van der Waals surface area contributed by atoms with Crippen molar-refractivity contribution in [2.24, 2.45) is 0 Å². The molecule has 1 aliphatic heterocycles. The summed E-state index contributed by atoms with van der Waals surface area (Å²) < 4.78 is 7.73. The van der Waals surface area contributed by atoms with E-state index < -0.39 is 0 Å². The molecule has 6 nitrogen and oxygen atoms in total. The summed E-state index contributed by atoms with van der Waals surface area (Å²) in [7, 11) is 1.74. The van der Waals surface area contributed by atoms with Crippen molar-refractivity contribution in [3.05, 3.63) is 53.2 Å². The molecule has 142 valence electrons. The highest BCUT2D eigenvalue weighted by molar-refractivity contribution is 5.58. The maximum absolute atomic E-state index is 5.52. The first-order valence-corrected chi connectivity index (χ1v) is 9.49. The molecule has 0 N–H and O–H groups in total. The van der Waals surface area contributed by atoms with E-state index in [0.717, 1.165) is 61.3 Å². The van der Waals surface area contributed by atoms with Crippen molar-refractivity contribution < 1.29 is 4.74 Å². The van der Waals surface area contributed by atoms with Crippen molar-refractivity contribution in [2.45, 2.75) is 27.3 Å². The molecular formula is C21H27N5O. The average Bonchev–Trinajstić information content (AvgIpc) is 2.97. The van der Waals surface area contributed by atoms with Gasteiger partial charge in [-0.2, -0.15) is 0 Å². The smallest absolute Gasteiger partial charge is 0.142 e. The molecule has 3 aromatic rings. The molecule has 0 atom stereocenters. The van der Waals surface area contributed by atoms with Crippen LogP contribution in [-0.4, -0.2) is 52.6 Å². The molecule has 0 bridgehead atoms. The van der Waals surface area contributed by atoms with Gasteiger partial charge in [-0.25, -0.2) is 9.97 Å². The quantitative estimate of drug-likeness (QED) is 0.711. The highest BCUT2D eigenvalue weighted by Crippen LogP contribution is 2.28. The van der Waals surface area contributed by atoms with Crippen molar-refractivity contribution in [3.8, 4) is 5.75 Å². The monoisotopic (exact) mass is 365 g/mol. The first-order valence-electron chi connectivity index (χ1n) is 9.49. The van der Waals surface area contributed by atoms with Crippen molar-refractivity contribution in [3.63, 3.8) is 0 Å². The lowest BCUT2D eigenvalue weighted by Crippen LogP contribution is -2.46. The van der Waals surface area contributed by atoms with E-state index in [1.807, 2.05) is 19.1 Å². The largest absolute Gasteiger partial charge is 0.495 e. The molecule has 2 aromatic heterocycles. The number of fused-ring (bicyclic) bond motifs is 1. The Kier molecular flexibility index (Phi) is 4.74. The van der Waals surface area contributed by atoms with Crippen LogP contribution >= 0.6 is 0 Å². The Hall–Kier alpha value is -2.60. The molecule has 0 saturated carbocycles. The first kappa shape index (κ1) is 17.8. The second-order valence-corrected chi connectivity index (χ2v) is 7.22. The van der Waals surface area contributed by atoms with Crippen molar-refractivity contribution in [2.75, 3.05) is 38.2 Å². The third-order valence-corrected chi connectivity index (χ3v) is 5.37. The summed E-state index contributed by atoms with van der Waals surface area (Å²) in [5.74, 6) is 1.95. The Morgan fingerprint density at radius 3 is 2.48 bits per heavy atom. The molecule has 3 heterocycles. The summed E-state index contributed by atoms with van der Waals surface area (Å²) in [6, 6.07) is 10.3. The van der Waals surface area contributed by atoms with Gasteiger partial charge in [0.05, 0.1) is 24.2 Å². The number of aryl methyl sites for hydroxylation is 3. The summed E-state index contributed by atoms with van der Waals surface area (Å²) in [6.07, 6.45) is 0. The van der Waals surface area contributed by atoms with Gasteiger partial charge in [0, 0.05) is 44.5 Å². The minimum absolute atomic E-state index is 0.901. The van der Waals surface area contributed by atoms with Crippen LogP contribution in [0.2, 0.25) is 0 Å². The van der Waals surface area contributed by atoms with E-state index in [1.54, 1.807) is 7.11 Å². The van der Waals surface area contributed by atoms with Gasteiger partial charge < -0.3 is 9.64 Å². The standard InChI is InChI=1S/C21H27N5O/c1-15-13-21-23-16(2)19(26(21)17(3)22-15)14-24-9-11-25(12-10-24)18-7-5-6-8-20(18)27-4/h5-8,13H,9-12,14H2,1-4H3. The van der Waals surface area contributed by atoms with E-state index >= 15 is 0 Å². The van der Waals surface area contributed by atoms with Crippen LogP contribution < -0.4 is 9.64 Å². The molecule has 0 radical (unpaired) electrons. The fourth-order valence-electron chi connectivity index (χ4n) is 4.00. The van der Waals surface area contributed by atoms with Crippen LogP contribution in [0.3, 0.4) is 0 Å². The van der Waals surface area contributed by atoms with Gasteiger partial charge in [0.15, 0.2) is 0 Å². The predicted octanol–water partition coefficient (Wildman–Crippen LogP) is 2.99. The number of para-hydroxylation sites is 2. The second-order valence-electron chi connectivity index (χ2n) is 7.22. The molecule has 0 amide bonds. The van der Waals surface area contributed by atoms with Gasteiger partial charge in [-0.1, -0.05) is 12.1 Å². The highest BCUT2D eigenvalue weighted by atomic mass is 16.5. The number of methoxy groups -OCH3 is 1. The molecule has 1 fully saturated rings. The number of benzene rings is 1. The molecule has 1 aromatic carbocycles. The van der Waals surface area contributed by atoms with Crippen LogP contribution in [0.5, 0.6) is 5.75 Å². The van der Waals surface area contributed by atoms with Gasteiger partial charge in [0.1, 0.15) is 17.2 Å². The van der Waals surface area contributed by atoms with E-state index in [9.17, 15) is 0 Å². The van der Waals surface area contributed by atoms with Gasteiger partial charge >= 0.3 is 0 Å². The van der Waals surface area contributed by atoms with Gasteiger partial charge in [-0.15, -0.1) is 0 Å². The van der Waals surface area contributed by atoms with Gasteiger partial charge in [-0.3, -0.25) is 9.30 Å². The summed E-state index contributed by atoms with van der Waals surface area (Å²) >= 11 is 0. The van der Waals surface area contributed by atoms with E-state index in [1.165, 1.54) is 11.4 Å². The summed E-state index contributed by atoms with van der Waals surface area (Å²) in [5, 5.41) is 0. The molecular weight excluding hydrogens is 338 g/mol. The van der Waals surface area contributed by atoms with Gasteiger partial charge in [0.2, 0.25) is 0 Å². The number of piperazine rings is 1. The third kappa shape index (κ3) is 3.37. The second kappa shape index (κ2) is 7.19. The summed E-state index contributed by atoms with van der Waals surface area (Å²) in [5.41, 5.74) is 5.54. The minimum atomic E-state index is 0.901. The van der Waals surface area contributed by atoms with E-state index in [4.69, 9.17) is 9.72 Å². The number of aromatic nitrogens is 3. The maximum atomic E-state index is 5.52. The van der Waals surface area contributed by atoms with Crippen LogP contribution in [-0.2, 0) is 6.54 Å². The lowest BCUT2D eigenvalue weighted by Gasteiger charge is -2.36. The average molecular weight is 365 g/mol. The molecule has 0 aliphatic carbocycles. The van der Waals surface area contributed by atoms with Crippen LogP contribution in [0.4, 0.5) is 5.69 Å². The SMILES string of the molecule is COc1ccccc1N1CCN(Cc2c(C)nc3cc(C)nc(C)n23)CC1. The number of imidazole rings is 1. The Morgan fingerprint density at radius 2 is 1.74 bits per heavy atom. The fraction of sp³-hybridized carbons (Fsp3) is 0.429. The lowest BCUT2D eigenvalue weighted by molar-refractivity contribution is 0.245. The number of rotatable bonds is 4. The van der Waals surface area contributed by atoms with E-state index in [-0.39, 0.29) is 0 Å². The highest BCUT2D eigenvalue weighted by Gasteiger charge is 2.22. The number of hydrogen-bond donors (Lipinski definition) is 0. The van der Waals surface area contributed by atoms with Crippen molar-refractivity contribution >= 4 is 11.3 Å². The molecule has 1 aliphatic rings.